The van der Waals surface area contributed by atoms with Crippen LogP contribution in [0.15, 0.2) is 54.6 Å². The molecule has 1 unspecified atom stereocenters. The van der Waals surface area contributed by atoms with Gasteiger partial charge in [0.2, 0.25) is 0 Å². The highest BCUT2D eigenvalue weighted by Crippen LogP contribution is 2.42. The van der Waals surface area contributed by atoms with E-state index in [1.165, 1.54) is 0 Å². The first-order chi connectivity index (χ1) is 13.0. The highest BCUT2D eigenvalue weighted by atomic mass is 16.3. The lowest BCUT2D eigenvalue weighted by Crippen LogP contribution is -2.18. The van der Waals surface area contributed by atoms with Crippen LogP contribution in [0.5, 0.6) is 5.75 Å². The zero-order valence-electron chi connectivity index (χ0n) is 17.7. The zero-order chi connectivity index (χ0) is 20.7. The Morgan fingerprint density at radius 3 is 1.89 bits per heavy atom. The van der Waals surface area contributed by atoms with E-state index in [1.807, 2.05) is 36.4 Å². The summed E-state index contributed by atoms with van der Waals surface area (Å²) in [6.45, 7) is 12.6. The van der Waals surface area contributed by atoms with Crippen molar-refractivity contribution in [3.05, 3.63) is 76.9 Å². The summed E-state index contributed by atoms with van der Waals surface area (Å²) in [6.07, 6.45) is 0. The summed E-state index contributed by atoms with van der Waals surface area (Å²) in [6, 6.07) is 20.9. The van der Waals surface area contributed by atoms with Crippen molar-refractivity contribution in [2.45, 2.75) is 58.3 Å². The number of aromatic hydroxyl groups is 1. The van der Waals surface area contributed by atoms with Crippen LogP contribution in [-0.4, -0.2) is 5.11 Å². The standard InChI is InChI=1S/C26H29NO/c1-25(2,3)22-14-18(15-23(24(22)28)26(4,5)6)21(16-27)20-13-9-11-17-10-7-8-12-19(17)20/h7-15,21,28H,1-6H3. The predicted molar refractivity (Wildman–Crippen MR) is 117 cm³/mol. The van der Waals surface area contributed by atoms with Crippen molar-refractivity contribution in [1.82, 2.24) is 0 Å². The molecule has 0 heterocycles. The molecule has 0 aromatic heterocycles. The van der Waals surface area contributed by atoms with Crippen LogP contribution in [0, 0.1) is 11.3 Å². The molecule has 0 saturated carbocycles. The third-order valence-electron chi connectivity index (χ3n) is 5.35. The molecule has 28 heavy (non-hydrogen) atoms. The Morgan fingerprint density at radius 1 is 0.821 bits per heavy atom. The van der Waals surface area contributed by atoms with E-state index in [9.17, 15) is 10.4 Å². The maximum atomic E-state index is 11.0. The van der Waals surface area contributed by atoms with Gasteiger partial charge in [-0.2, -0.15) is 5.26 Å². The summed E-state index contributed by atoms with van der Waals surface area (Å²) in [5, 5.41) is 23.4. The van der Waals surface area contributed by atoms with Crippen molar-refractivity contribution in [2.75, 3.05) is 0 Å². The van der Waals surface area contributed by atoms with E-state index < -0.39 is 5.92 Å². The number of hydrogen-bond donors (Lipinski definition) is 1. The third kappa shape index (κ3) is 3.62. The molecule has 0 fully saturated rings. The molecular formula is C26H29NO. The van der Waals surface area contributed by atoms with E-state index in [1.54, 1.807) is 0 Å². The topological polar surface area (TPSA) is 44.0 Å². The summed E-state index contributed by atoms with van der Waals surface area (Å²) < 4.78 is 0. The molecule has 2 heteroatoms. The minimum atomic E-state index is -0.395. The van der Waals surface area contributed by atoms with Gasteiger partial charge in [0.15, 0.2) is 0 Å². The van der Waals surface area contributed by atoms with E-state index in [2.05, 4.69) is 65.8 Å². The molecule has 144 valence electrons. The fourth-order valence-electron chi connectivity index (χ4n) is 3.79. The molecule has 3 aromatic carbocycles. The number of phenols is 1. The van der Waals surface area contributed by atoms with Gasteiger partial charge in [0.05, 0.1) is 12.0 Å². The van der Waals surface area contributed by atoms with E-state index in [0.717, 1.165) is 33.0 Å². The van der Waals surface area contributed by atoms with Crippen LogP contribution in [0.3, 0.4) is 0 Å². The average Bonchev–Trinajstić information content (AvgIpc) is 2.61. The molecule has 0 aliphatic carbocycles. The summed E-state index contributed by atoms with van der Waals surface area (Å²) in [5.74, 6) is -0.0488. The maximum absolute atomic E-state index is 11.0. The van der Waals surface area contributed by atoms with Crippen LogP contribution in [0.2, 0.25) is 0 Å². The van der Waals surface area contributed by atoms with E-state index in [0.29, 0.717) is 5.75 Å². The molecule has 0 aliphatic rings. The second-order valence-corrected chi connectivity index (χ2v) is 9.60. The fourth-order valence-corrected chi connectivity index (χ4v) is 3.79. The van der Waals surface area contributed by atoms with Gasteiger partial charge in [0.1, 0.15) is 5.75 Å². The van der Waals surface area contributed by atoms with Gasteiger partial charge in [0.25, 0.3) is 0 Å². The van der Waals surface area contributed by atoms with Crippen LogP contribution in [-0.2, 0) is 10.8 Å². The van der Waals surface area contributed by atoms with Crippen molar-refractivity contribution in [1.29, 1.82) is 5.26 Å². The molecule has 1 N–H and O–H groups in total. The Kier molecular flexibility index (Phi) is 4.98. The molecular weight excluding hydrogens is 342 g/mol. The smallest absolute Gasteiger partial charge is 0.123 e. The van der Waals surface area contributed by atoms with Crippen LogP contribution in [0.25, 0.3) is 10.8 Å². The second kappa shape index (κ2) is 6.99. The number of rotatable bonds is 2. The minimum Gasteiger partial charge on any atom is -0.507 e. The number of fused-ring (bicyclic) bond motifs is 1. The van der Waals surface area contributed by atoms with Gasteiger partial charge < -0.3 is 5.11 Å². The summed E-state index contributed by atoms with van der Waals surface area (Å²) in [5.41, 5.74) is 3.26. The van der Waals surface area contributed by atoms with E-state index >= 15 is 0 Å². The van der Waals surface area contributed by atoms with Gasteiger partial charge in [-0.25, -0.2) is 0 Å². The molecule has 0 radical (unpaired) electrons. The van der Waals surface area contributed by atoms with Crippen molar-refractivity contribution in [3.63, 3.8) is 0 Å². The molecule has 2 nitrogen and oxygen atoms in total. The Hall–Kier alpha value is -2.79. The number of benzene rings is 3. The Bertz CT molecular complexity index is 1020. The molecule has 3 aromatic rings. The molecule has 1 atom stereocenters. The van der Waals surface area contributed by atoms with Crippen molar-refractivity contribution in [2.24, 2.45) is 0 Å². The lowest BCUT2D eigenvalue weighted by atomic mass is 9.76. The Labute approximate surface area is 168 Å². The van der Waals surface area contributed by atoms with Gasteiger partial charge in [0, 0.05) is 0 Å². The predicted octanol–water partition coefficient (Wildman–Crippen LogP) is 6.80. The van der Waals surface area contributed by atoms with Crippen molar-refractivity contribution in [3.8, 4) is 11.8 Å². The SMILES string of the molecule is CC(C)(C)c1cc(C(C#N)c2cccc3ccccc23)cc(C(C)(C)C)c1O. The highest BCUT2D eigenvalue weighted by molar-refractivity contribution is 5.87. The quantitative estimate of drug-likeness (QED) is 0.538. The third-order valence-corrected chi connectivity index (χ3v) is 5.35. The monoisotopic (exact) mass is 371 g/mol. The first kappa shape index (κ1) is 20.0. The maximum Gasteiger partial charge on any atom is 0.123 e. The zero-order valence-corrected chi connectivity index (χ0v) is 17.7. The van der Waals surface area contributed by atoms with E-state index in [4.69, 9.17) is 0 Å². The first-order valence-corrected chi connectivity index (χ1v) is 9.79. The number of nitrogens with zero attached hydrogens (tertiary/aromatic N) is 1. The van der Waals surface area contributed by atoms with Crippen LogP contribution >= 0.6 is 0 Å². The lowest BCUT2D eigenvalue weighted by Gasteiger charge is -2.29. The van der Waals surface area contributed by atoms with Crippen LogP contribution in [0.1, 0.15) is 69.7 Å². The molecule has 0 amide bonds. The Morgan fingerprint density at radius 2 is 1.36 bits per heavy atom. The minimum absolute atomic E-state index is 0.223. The second-order valence-electron chi connectivity index (χ2n) is 9.60. The molecule has 0 aliphatic heterocycles. The van der Waals surface area contributed by atoms with Gasteiger partial charge >= 0.3 is 0 Å². The highest BCUT2D eigenvalue weighted by Gasteiger charge is 2.29. The first-order valence-electron chi connectivity index (χ1n) is 9.79. The average molecular weight is 372 g/mol. The van der Waals surface area contributed by atoms with Gasteiger partial charge in [-0.3, -0.25) is 0 Å². The van der Waals surface area contributed by atoms with Gasteiger partial charge in [-0.05, 0) is 56.0 Å². The largest absolute Gasteiger partial charge is 0.507 e. The summed E-state index contributed by atoms with van der Waals surface area (Å²) >= 11 is 0. The molecule has 0 bridgehead atoms. The van der Waals surface area contributed by atoms with Gasteiger partial charge in [-0.1, -0.05) is 84.0 Å². The summed E-state index contributed by atoms with van der Waals surface area (Å²) in [7, 11) is 0. The van der Waals surface area contributed by atoms with Crippen LogP contribution in [0.4, 0.5) is 0 Å². The normalized spacial score (nSPS) is 13.3. The van der Waals surface area contributed by atoms with E-state index in [-0.39, 0.29) is 10.8 Å². The number of hydrogen-bond acceptors (Lipinski definition) is 2. The number of nitriles is 1. The van der Waals surface area contributed by atoms with Crippen molar-refractivity contribution >= 4 is 10.8 Å². The van der Waals surface area contributed by atoms with Crippen LogP contribution < -0.4 is 0 Å². The molecule has 0 spiro atoms. The lowest BCUT2D eigenvalue weighted by molar-refractivity contribution is 0.422. The molecule has 3 rings (SSSR count). The number of phenolic OH excluding ortho intramolecular Hbond substituents is 1. The summed E-state index contributed by atoms with van der Waals surface area (Å²) in [4.78, 5) is 0. The van der Waals surface area contributed by atoms with Crippen molar-refractivity contribution < 1.29 is 5.11 Å². The molecule has 0 saturated heterocycles. The van der Waals surface area contributed by atoms with Gasteiger partial charge in [-0.15, -0.1) is 0 Å². The Balaban J connectivity index is 2.30. The fraction of sp³-hybridized carbons (Fsp3) is 0.346.